The highest BCUT2D eigenvalue weighted by molar-refractivity contribution is 6.05. The van der Waals surface area contributed by atoms with E-state index in [0.29, 0.717) is 23.0 Å². The maximum atomic E-state index is 12.8. The zero-order chi connectivity index (χ0) is 24.1. The molecule has 178 valence electrons. The number of anilines is 2. The third-order valence-electron chi connectivity index (χ3n) is 6.20. The van der Waals surface area contributed by atoms with Crippen molar-refractivity contribution in [2.24, 2.45) is 0 Å². The largest absolute Gasteiger partial charge is 0.482 e. The van der Waals surface area contributed by atoms with Gasteiger partial charge in [-0.2, -0.15) is 0 Å². The second-order valence-corrected chi connectivity index (χ2v) is 9.04. The van der Waals surface area contributed by atoms with Crippen LogP contribution in [-0.2, 0) is 14.4 Å². The van der Waals surface area contributed by atoms with Gasteiger partial charge in [-0.25, -0.2) is 0 Å². The summed E-state index contributed by atoms with van der Waals surface area (Å²) in [6.07, 6.45) is 6.34. The number of hydrogen-bond donors (Lipinski definition) is 1. The highest BCUT2D eigenvalue weighted by Crippen LogP contribution is 2.34. The van der Waals surface area contributed by atoms with Gasteiger partial charge in [0.05, 0.1) is 5.69 Å². The smallest absolute Gasteiger partial charge is 0.265 e. The van der Waals surface area contributed by atoms with Gasteiger partial charge in [0.1, 0.15) is 12.3 Å². The van der Waals surface area contributed by atoms with E-state index in [9.17, 15) is 14.4 Å². The molecule has 2 aromatic rings. The first-order valence-electron chi connectivity index (χ1n) is 11.8. The van der Waals surface area contributed by atoms with Crippen LogP contribution in [0.2, 0.25) is 0 Å². The van der Waals surface area contributed by atoms with E-state index in [2.05, 4.69) is 31.3 Å². The first-order chi connectivity index (χ1) is 16.4. The van der Waals surface area contributed by atoms with E-state index >= 15 is 0 Å². The molecule has 34 heavy (non-hydrogen) atoms. The molecule has 0 aromatic heterocycles. The molecule has 1 saturated heterocycles. The maximum Gasteiger partial charge on any atom is 0.265 e. The molecular formula is C27H31N3O4. The molecule has 1 N–H and O–H groups in total. The van der Waals surface area contributed by atoms with Crippen molar-refractivity contribution in [2.45, 2.75) is 39.0 Å². The van der Waals surface area contributed by atoms with Gasteiger partial charge in [-0.15, -0.1) is 0 Å². The Morgan fingerprint density at radius 2 is 1.79 bits per heavy atom. The van der Waals surface area contributed by atoms with Crippen LogP contribution in [0, 0.1) is 0 Å². The topological polar surface area (TPSA) is 79.0 Å². The average Bonchev–Trinajstić information content (AvgIpc) is 2.85. The van der Waals surface area contributed by atoms with Crippen LogP contribution in [0.1, 0.15) is 50.2 Å². The minimum atomic E-state index is -0.285. The number of piperidine rings is 1. The third kappa shape index (κ3) is 5.65. The highest BCUT2D eigenvalue weighted by Gasteiger charge is 2.29. The Morgan fingerprint density at radius 1 is 1.06 bits per heavy atom. The predicted octanol–water partition coefficient (Wildman–Crippen LogP) is 4.20. The van der Waals surface area contributed by atoms with Crippen molar-refractivity contribution in [1.29, 1.82) is 0 Å². The van der Waals surface area contributed by atoms with Gasteiger partial charge < -0.3 is 15.0 Å². The fourth-order valence-corrected chi connectivity index (χ4v) is 4.18. The fraction of sp³-hybridized carbons (Fsp3) is 0.370. The number of ether oxygens (including phenoxy) is 1. The number of carbonyl (C=O) groups excluding carboxylic acids is 3. The van der Waals surface area contributed by atoms with E-state index < -0.39 is 0 Å². The average molecular weight is 462 g/mol. The van der Waals surface area contributed by atoms with E-state index in [0.717, 1.165) is 37.9 Å². The molecule has 0 unspecified atom stereocenters. The van der Waals surface area contributed by atoms with Crippen LogP contribution in [0.4, 0.5) is 11.4 Å². The Hall–Kier alpha value is -3.61. The zero-order valence-electron chi connectivity index (χ0n) is 19.8. The summed E-state index contributed by atoms with van der Waals surface area (Å²) in [6, 6.07) is 13.2. The number of nitrogens with zero attached hydrogens (tertiary/aromatic N) is 2. The molecule has 0 atom stereocenters. The summed E-state index contributed by atoms with van der Waals surface area (Å²) in [6.45, 7) is 5.60. The zero-order valence-corrected chi connectivity index (χ0v) is 19.8. The molecule has 1 fully saturated rings. The normalized spacial score (nSPS) is 15.9. The lowest BCUT2D eigenvalue weighted by molar-refractivity contribution is -0.132. The van der Waals surface area contributed by atoms with Crippen molar-refractivity contribution in [2.75, 3.05) is 36.5 Å². The molecule has 7 heteroatoms. The molecule has 0 spiro atoms. The van der Waals surface area contributed by atoms with Crippen LogP contribution in [0.15, 0.2) is 48.5 Å². The van der Waals surface area contributed by atoms with Crippen LogP contribution in [0.3, 0.4) is 0 Å². The molecule has 2 aliphatic rings. The lowest BCUT2D eigenvalue weighted by atomic mass is 10.0. The molecule has 2 aromatic carbocycles. The van der Waals surface area contributed by atoms with Crippen molar-refractivity contribution < 1.29 is 19.1 Å². The Labute approximate surface area is 200 Å². The van der Waals surface area contributed by atoms with Gasteiger partial charge in [0.25, 0.3) is 5.91 Å². The summed E-state index contributed by atoms with van der Waals surface area (Å²) in [4.78, 5) is 41.1. The Kier molecular flexibility index (Phi) is 7.30. The Morgan fingerprint density at radius 3 is 2.50 bits per heavy atom. The molecule has 0 saturated carbocycles. The second-order valence-electron chi connectivity index (χ2n) is 9.04. The van der Waals surface area contributed by atoms with Gasteiger partial charge >= 0.3 is 0 Å². The van der Waals surface area contributed by atoms with Crippen LogP contribution >= 0.6 is 0 Å². The molecule has 2 aliphatic heterocycles. The van der Waals surface area contributed by atoms with Gasteiger partial charge in [-0.05, 0) is 60.6 Å². The summed E-state index contributed by atoms with van der Waals surface area (Å²) in [7, 11) is 0. The van der Waals surface area contributed by atoms with Gasteiger partial charge in [0, 0.05) is 24.9 Å². The number of fused-ring (bicyclic) bond motifs is 1. The maximum absolute atomic E-state index is 12.8. The summed E-state index contributed by atoms with van der Waals surface area (Å²) in [5, 5.41) is 2.83. The molecular weight excluding hydrogens is 430 g/mol. The van der Waals surface area contributed by atoms with Crippen LogP contribution < -0.4 is 15.0 Å². The summed E-state index contributed by atoms with van der Waals surface area (Å²) in [5.74, 6) is 0.348. The molecule has 0 aliphatic carbocycles. The van der Waals surface area contributed by atoms with Crippen molar-refractivity contribution in [1.82, 2.24) is 4.90 Å². The van der Waals surface area contributed by atoms with Crippen LogP contribution in [-0.4, -0.2) is 48.9 Å². The lowest BCUT2D eigenvalue weighted by Gasteiger charge is -2.33. The Bertz CT molecular complexity index is 1090. The minimum Gasteiger partial charge on any atom is -0.482 e. The van der Waals surface area contributed by atoms with Gasteiger partial charge in [0.15, 0.2) is 6.61 Å². The van der Waals surface area contributed by atoms with Crippen molar-refractivity contribution in [3.05, 3.63) is 59.7 Å². The third-order valence-corrected chi connectivity index (χ3v) is 6.20. The van der Waals surface area contributed by atoms with E-state index in [1.165, 1.54) is 16.5 Å². The lowest BCUT2D eigenvalue weighted by Crippen LogP contribution is -2.47. The number of nitrogens with one attached hydrogen (secondary N) is 1. The molecule has 7 nitrogen and oxygen atoms in total. The number of carbonyl (C=O) groups is 3. The number of likely N-dealkylation sites (tertiary alicyclic amines) is 1. The molecule has 4 rings (SSSR count). The Balaban J connectivity index is 1.44. The molecule has 3 amide bonds. The van der Waals surface area contributed by atoms with Gasteiger partial charge in [0.2, 0.25) is 11.8 Å². The molecule has 2 heterocycles. The first kappa shape index (κ1) is 23.5. The van der Waals surface area contributed by atoms with E-state index in [1.807, 2.05) is 17.0 Å². The van der Waals surface area contributed by atoms with Crippen molar-refractivity contribution >= 4 is 35.2 Å². The van der Waals surface area contributed by atoms with Crippen molar-refractivity contribution in [3.63, 3.8) is 0 Å². The summed E-state index contributed by atoms with van der Waals surface area (Å²) >= 11 is 0. The molecule has 0 radical (unpaired) electrons. The number of hydrogen-bond acceptors (Lipinski definition) is 4. The number of benzene rings is 2. The van der Waals surface area contributed by atoms with E-state index in [4.69, 9.17) is 4.74 Å². The van der Waals surface area contributed by atoms with Gasteiger partial charge in [-0.1, -0.05) is 38.1 Å². The second kappa shape index (κ2) is 10.5. The molecule has 0 bridgehead atoms. The minimum absolute atomic E-state index is 0.0289. The van der Waals surface area contributed by atoms with Crippen LogP contribution in [0.25, 0.3) is 6.08 Å². The van der Waals surface area contributed by atoms with E-state index in [1.54, 1.807) is 24.3 Å². The number of rotatable bonds is 6. The summed E-state index contributed by atoms with van der Waals surface area (Å²) in [5.41, 5.74) is 3.20. The van der Waals surface area contributed by atoms with Gasteiger partial charge in [-0.3, -0.25) is 19.3 Å². The standard InChI is InChI=1S/C27H31N3O4/c1-19(2)21-9-6-20(7-10-21)8-13-25(31)28-22-11-12-24-23(16-22)30(27(33)18-34-24)17-26(32)29-14-4-3-5-15-29/h6-13,16,19H,3-5,14-15,17-18H2,1-2H3,(H,28,31)/b13-8+. The fourth-order valence-electron chi connectivity index (χ4n) is 4.18. The predicted molar refractivity (Wildman–Crippen MR) is 133 cm³/mol. The first-order valence-corrected chi connectivity index (χ1v) is 11.8. The van der Waals surface area contributed by atoms with E-state index in [-0.39, 0.29) is 30.9 Å². The SMILES string of the molecule is CC(C)c1ccc(/C=C/C(=O)Nc2ccc3c(c2)N(CC(=O)N2CCCCC2)C(=O)CO3)cc1. The highest BCUT2D eigenvalue weighted by atomic mass is 16.5. The number of amides is 3. The van der Waals surface area contributed by atoms with Crippen molar-refractivity contribution in [3.8, 4) is 5.75 Å². The monoisotopic (exact) mass is 461 g/mol. The summed E-state index contributed by atoms with van der Waals surface area (Å²) < 4.78 is 5.54. The van der Waals surface area contributed by atoms with Crippen LogP contribution in [0.5, 0.6) is 5.75 Å². The quantitative estimate of drug-likeness (QED) is 0.654.